The molecule has 0 bridgehead atoms. The molecule has 0 aliphatic carbocycles. The number of rotatable bonds is 9. The number of urea groups is 1. The molecule has 0 unspecified atom stereocenters. The van der Waals surface area contributed by atoms with Crippen LogP contribution in [-0.4, -0.2) is 55.7 Å². The summed E-state index contributed by atoms with van der Waals surface area (Å²) in [5, 5.41) is 2.75. The number of amides is 3. The maximum absolute atomic E-state index is 12.9. The second kappa shape index (κ2) is 11.0. The van der Waals surface area contributed by atoms with Gasteiger partial charge in [0.1, 0.15) is 11.5 Å². The SMILES string of the molecule is CCOC(=O)[C@H](C)Oc1c(/C=C2\NC(=O)N(Cc3ccc(C(=O)OC)o3)C2=O)cc(Cl)cc1OC. The van der Waals surface area contributed by atoms with E-state index < -0.39 is 30.0 Å². The van der Waals surface area contributed by atoms with Crippen molar-refractivity contribution in [1.82, 2.24) is 10.2 Å². The van der Waals surface area contributed by atoms with Gasteiger partial charge in [-0.25, -0.2) is 14.4 Å². The van der Waals surface area contributed by atoms with Crippen molar-refractivity contribution in [3.8, 4) is 11.5 Å². The zero-order valence-corrected chi connectivity index (χ0v) is 20.1. The number of ether oxygens (including phenoxy) is 4. The summed E-state index contributed by atoms with van der Waals surface area (Å²) in [5.41, 5.74) is 0.203. The van der Waals surface area contributed by atoms with Crippen LogP contribution in [0.5, 0.6) is 11.5 Å². The van der Waals surface area contributed by atoms with Crippen LogP contribution in [-0.2, 0) is 25.6 Å². The van der Waals surface area contributed by atoms with E-state index in [-0.39, 0.29) is 52.5 Å². The lowest BCUT2D eigenvalue weighted by molar-refractivity contribution is -0.150. The number of carbonyl (C=O) groups is 4. The number of benzene rings is 1. The Kier molecular flexibility index (Phi) is 8.02. The van der Waals surface area contributed by atoms with Gasteiger partial charge in [0.15, 0.2) is 17.6 Å². The van der Waals surface area contributed by atoms with Gasteiger partial charge in [0.25, 0.3) is 5.91 Å². The van der Waals surface area contributed by atoms with Gasteiger partial charge in [0.05, 0.1) is 27.4 Å². The Morgan fingerprint density at radius 2 is 1.97 bits per heavy atom. The smallest absolute Gasteiger partial charge is 0.373 e. The fraction of sp³-hybridized carbons (Fsp3) is 0.304. The lowest BCUT2D eigenvalue weighted by atomic mass is 10.1. The summed E-state index contributed by atoms with van der Waals surface area (Å²) in [6.07, 6.45) is 0.361. The third-order valence-electron chi connectivity index (χ3n) is 4.81. The molecule has 11 nitrogen and oxygen atoms in total. The van der Waals surface area contributed by atoms with Gasteiger partial charge in [0.2, 0.25) is 5.76 Å². The largest absolute Gasteiger partial charge is 0.493 e. The van der Waals surface area contributed by atoms with Crippen molar-refractivity contribution in [3.63, 3.8) is 0 Å². The van der Waals surface area contributed by atoms with Crippen LogP contribution in [0.1, 0.15) is 35.7 Å². The fourth-order valence-electron chi connectivity index (χ4n) is 3.16. The Hall–Kier alpha value is -3.99. The van der Waals surface area contributed by atoms with Crippen molar-refractivity contribution < 1.29 is 42.5 Å². The zero-order chi connectivity index (χ0) is 25.7. The molecule has 1 saturated heterocycles. The molecular formula is C23H23ClN2O9. The lowest BCUT2D eigenvalue weighted by Gasteiger charge is -2.18. The van der Waals surface area contributed by atoms with E-state index in [4.69, 9.17) is 30.2 Å². The molecule has 35 heavy (non-hydrogen) atoms. The summed E-state index contributed by atoms with van der Waals surface area (Å²) in [5.74, 6) is -1.47. The van der Waals surface area contributed by atoms with Gasteiger partial charge in [0, 0.05) is 16.7 Å². The average molecular weight is 507 g/mol. The zero-order valence-electron chi connectivity index (χ0n) is 19.4. The summed E-state index contributed by atoms with van der Waals surface area (Å²) in [6.45, 7) is 3.12. The number of methoxy groups -OCH3 is 2. The number of furan rings is 1. The first-order chi connectivity index (χ1) is 16.7. The normalized spacial score (nSPS) is 15.1. The highest BCUT2D eigenvalue weighted by Crippen LogP contribution is 2.37. The van der Waals surface area contributed by atoms with E-state index in [0.29, 0.717) is 0 Å². The van der Waals surface area contributed by atoms with Crippen LogP contribution in [0.3, 0.4) is 0 Å². The average Bonchev–Trinajstić information content (AvgIpc) is 3.40. The van der Waals surface area contributed by atoms with Gasteiger partial charge in [-0.15, -0.1) is 0 Å². The van der Waals surface area contributed by atoms with Gasteiger partial charge in [-0.3, -0.25) is 9.69 Å². The first-order valence-corrected chi connectivity index (χ1v) is 10.8. The van der Waals surface area contributed by atoms with E-state index in [1.54, 1.807) is 6.92 Å². The number of nitrogens with one attached hydrogen (secondary N) is 1. The van der Waals surface area contributed by atoms with E-state index in [0.717, 1.165) is 4.90 Å². The lowest BCUT2D eigenvalue weighted by Crippen LogP contribution is -2.30. The Balaban J connectivity index is 1.89. The molecule has 1 atom stereocenters. The van der Waals surface area contributed by atoms with Gasteiger partial charge in [-0.2, -0.15) is 0 Å². The van der Waals surface area contributed by atoms with Crippen LogP contribution >= 0.6 is 11.6 Å². The molecular weight excluding hydrogens is 484 g/mol. The summed E-state index contributed by atoms with van der Waals surface area (Å²) in [4.78, 5) is 50.0. The van der Waals surface area contributed by atoms with Gasteiger partial charge in [-0.1, -0.05) is 11.6 Å². The number of halogens is 1. The highest BCUT2D eigenvalue weighted by atomic mass is 35.5. The number of carbonyl (C=O) groups excluding carboxylic acids is 4. The van der Waals surface area contributed by atoms with E-state index in [1.165, 1.54) is 51.5 Å². The van der Waals surface area contributed by atoms with Crippen molar-refractivity contribution in [2.24, 2.45) is 0 Å². The van der Waals surface area contributed by atoms with E-state index in [9.17, 15) is 19.2 Å². The summed E-state index contributed by atoms with van der Waals surface area (Å²) in [6, 6.07) is 5.10. The number of esters is 2. The maximum Gasteiger partial charge on any atom is 0.373 e. The Morgan fingerprint density at radius 3 is 2.63 bits per heavy atom. The summed E-state index contributed by atoms with van der Waals surface area (Å²) < 4.78 is 26.0. The molecule has 3 amide bonds. The Morgan fingerprint density at radius 1 is 1.23 bits per heavy atom. The first-order valence-electron chi connectivity index (χ1n) is 10.4. The standard InChI is InChI=1S/C23H23ClN2O9/c1-5-33-21(28)12(2)34-19-13(8-14(24)10-18(19)31-3)9-16-20(27)26(23(30)25-16)11-15-6-7-17(35-15)22(29)32-4/h6-10,12H,5,11H2,1-4H3,(H,25,30)/b16-9-/t12-/m0/s1. The molecule has 1 aromatic carbocycles. The number of nitrogens with zero attached hydrogens (tertiary/aromatic N) is 1. The molecule has 186 valence electrons. The molecule has 0 radical (unpaired) electrons. The minimum Gasteiger partial charge on any atom is -0.493 e. The van der Waals surface area contributed by atoms with Crippen LogP contribution in [0.25, 0.3) is 6.08 Å². The minimum absolute atomic E-state index is 0.0612. The fourth-order valence-corrected chi connectivity index (χ4v) is 3.37. The predicted octanol–water partition coefficient (Wildman–Crippen LogP) is 3.15. The molecule has 1 aliphatic heterocycles. The van der Waals surface area contributed by atoms with Crippen molar-refractivity contribution in [2.45, 2.75) is 26.5 Å². The van der Waals surface area contributed by atoms with Crippen LogP contribution in [0, 0.1) is 0 Å². The van der Waals surface area contributed by atoms with E-state index >= 15 is 0 Å². The topological polar surface area (TPSA) is 134 Å². The van der Waals surface area contributed by atoms with Gasteiger partial charge < -0.3 is 28.7 Å². The highest BCUT2D eigenvalue weighted by molar-refractivity contribution is 6.31. The number of hydrogen-bond acceptors (Lipinski definition) is 9. The van der Waals surface area contributed by atoms with Crippen LogP contribution < -0.4 is 14.8 Å². The highest BCUT2D eigenvalue weighted by Gasteiger charge is 2.35. The molecule has 3 rings (SSSR count). The first kappa shape index (κ1) is 25.6. The molecule has 2 aromatic rings. The monoisotopic (exact) mass is 506 g/mol. The summed E-state index contributed by atoms with van der Waals surface area (Å²) >= 11 is 6.19. The number of hydrogen-bond donors (Lipinski definition) is 1. The molecule has 2 heterocycles. The van der Waals surface area contributed by atoms with Crippen LogP contribution in [0.4, 0.5) is 4.79 Å². The predicted molar refractivity (Wildman–Crippen MR) is 122 cm³/mol. The molecule has 0 saturated carbocycles. The van der Waals surface area contributed by atoms with Gasteiger partial charge >= 0.3 is 18.0 Å². The second-order valence-corrected chi connectivity index (χ2v) is 7.61. The molecule has 1 fully saturated rings. The molecule has 1 N–H and O–H groups in total. The van der Waals surface area contributed by atoms with Gasteiger partial charge in [-0.05, 0) is 38.1 Å². The molecule has 0 spiro atoms. The van der Waals surface area contributed by atoms with Crippen molar-refractivity contribution in [2.75, 3.05) is 20.8 Å². The van der Waals surface area contributed by atoms with Crippen LogP contribution in [0.15, 0.2) is 34.4 Å². The van der Waals surface area contributed by atoms with Crippen molar-refractivity contribution >= 4 is 41.6 Å². The quantitative estimate of drug-likeness (QED) is 0.309. The van der Waals surface area contributed by atoms with Crippen molar-refractivity contribution in [3.05, 3.63) is 52.1 Å². The third-order valence-corrected chi connectivity index (χ3v) is 5.02. The third kappa shape index (κ3) is 5.75. The van der Waals surface area contributed by atoms with Crippen LogP contribution in [0.2, 0.25) is 5.02 Å². The Bertz CT molecular complexity index is 1190. The van der Waals surface area contributed by atoms with E-state index in [2.05, 4.69) is 10.1 Å². The maximum atomic E-state index is 12.9. The molecule has 1 aromatic heterocycles. The summed E-state index contributed by atoms with van der Waals surface area (Å²) in [7, 11) is 2.59. The number of imide groups is 1. The van der Waals surface area contributed by atoms with Crippen molar-refractivity contribution in [1.29, 1.82) is 0 Å². The Labute approximate surface area is 205 Å². The van der Waals surface area contributed by atoms with E-state index in [1.807, 2.05) is 0 Å². The second-order valence-electron chi connectivity index (χ2n) is 7.18. The molecule has 12 heteroatoms. The molecule has 1 aliphatic rings. The minimum atomic E-state index is -0.990.